The molecule has 0 amide bonds. The number of benzene rings is 1. The van der Waals surface area contributed by atoms with Crippen molar-refractivity contribution in [1.29, 1.82) is 0 Å². The van der Waals surface area contributed by atoms with Gasteiger partial charge in [-0.2, -0.15) is 10.1 Å². The fourth-order valence-electron chi connectivity index (χ4n) is 5.73. The van der Waals surface area contributed by atoms with Gasteiger partial charge in [0.05, 0.1) is 24.2 Å². The summed E-state index contributed by atoms with van der Waals surface area (Å²) < 4.78 is 27.6. The number of aromatic nitrogens is 4. The number of rotatable bonds is 10. The second kappa shape index (κ2) is 12.8. The fraction of sp³-hybridized carbons (Fsp3) is 0.536. The summed E-state index contributed by atoms with van der Waals surface area (Å²) in [5, 5.41) is 33.2. The number of β-amino-alcohol motifs (C(OH)–C–C–N with tert-alkyl or cyclic N) is 2. The van der Waals surface area contributed by atoms with Gasteiger partial charge in [-0.25, -0.2) is 17.7 Å². The van der Waals surface area contributed by atoms with E-state index in [0.29, 0.717) is 61.8 Å². The zero-order valence-electron chi connectivity index (χ0n) is 24.1. The quantitative estimate of drug-likeness (QED) is 0.228. The lowest BCUT2D eigenvalue weighted by Crippen LogP contribution is -2.40. The first-order chi connectivity index (χ1) is 20.0. The number of piperidine rings is 1. The Morgan fingerprint density at radius 1 is 1.05 bits per heavy atom. The zero-order chi connectivity index (χ0) is 30.0. The number of nitrogens with zero attached hydrogens (tertiary/aromatic N) is 5. The number of aliphatic hydroxyl groups excluding tert-OH is 2. The highest BCUT2D eigenvalue weighted by Crippen LogP contribution is 2.35. The average Bonchev–Trinajstić information content (AvgIpc) is 3.50. The molecule has 5 rings (SSSR count). The molecule has 2 aromatic heterocycles. The van der Waals surface area contributed by atoms with Crippen molar-refractivity contribution < 1.29 is 18.6 Å². The molecule has 42 heavy (non-hydrogen) atoms. The number of H-pyrrole nitrogens is 1. The predicted octanol–water partition coefficient (Wildman–Crippen LogP) is 3.20. The normalized spacial score (nSPS) is 20.7. The second-order valence-corrected chi connectivity index (χ2v) is 13.8. The highest BCUT2D eigenvalue weighted by Gasteiger charge is 2.31. The van der Waals surface area contributed by atoms with Gasteiger partial charge in [-0.3, -0.25) is 10.00 Å². The highest BCUT2D eigenvalue weighted by molar-refractivity contribution is 7.89. The zero-order valence-corrected chi connectivity index (χ0v) is 25.7. The summed E-state index contributed by atoms with van der Waals surface area (Å²) in [6, 6.07) is 6.11. The smallest absolute Gasteiger partial charge is 0.229 e. The molecule has 0 bridgehead atoms. The lowest BCUT2D eigenvalue weighted by atomic mass is 9.86. The Balaban J connectivity index is 1.17. The minimum Gasteiger partial charge on any atom is -0.389 e. The van der Waals surface area contributed by atoms with Crippen molar-refractivity contribution in [2.24, 2.45) is 0 Å². The Morgan fingerprint density at radius 3 is 2.43 bits per heavy atom. The second-order valence-electron chi connectivity index (χ2n) is 11.3. The summed E-state index contributed by atoms with van der Waals surface area (Å²) in [5.41, 5.74) is 5.20. The minimum absolute atomic E-state index is 0.0736. The molecule has 0 aliphatic carbocycles. The number of halogens is 1. The number of aryl methyl sites for hydroxylation is 3. The maximum atomic E-state index is 13.0. The molecule has 0 radical (unpaired) electrons. The van der Waals surface area contributed by atoms with E-state index in [0.717, 1.165) is 35.3 Å². The summed E-state index contributed by atoms with van der Waals surface area (Å²) in [5.74, 6) is 1.81. The van der Waals surface area contributed by atoms with Gasteiger partial charge in [-0.05, 0) is 75.3 Å². The largest absolute Gasteiger partial charge is 0.389 e. The Bertz CT molecular complexity index is 1500. The maximum Gasteiger partial charge on any atom is 0.229 e. The molecule has 2 aliphatic rings. The van der Waals surface area contributed by atoms with Crippen LogP contribution < -0.4 is 10.6 Å². The summed E-state index contributed by atoms with van der Waals surface area (Å²) >= 11 is 6.31. The number of aromatic amines is 1. The van der Waals surface area contributed by atoms with Crippen LogP contribution in [0, 0.1) is 20.8 Å². The van der Waals surface area contributed by atoms with Crippen molar-refractivity contribution in [1.82, 2.24) is 29.4 Å². The number of aliphatic hydroxyl groups is 2. The van der Waals surface area contributed by atoms with E-state index in [9.17, 15) is 18.6 Å². The third kappa shape index (κ3) is 7.21. The molecule has 2 aliphatic heterocycles. The van der Waals surface area contributed by atoms with E-state index in [1.54, 1.807) is 4.31 Å². The van der Waals surface area contributed by atoms with Crippen molar-refractivity contribution in [2.75, 3.05) is 49.1 Å². The van der Waals surface area contributed by atoms with Gasteiger partial charge in [0.2, 0.25) is 16.0 Å². The minimum atomic E-state index is -3.36. The first kappa shape index (κ1) is 30.6. The Kier molecular flexibility index (Phi) is 9.35. The maximum absolute atomic E-state index is 13.0. The molecule has 1 aromatic carbocycles. The lowest BCUT2D eigenvalue weighted by molar-refractivity contribution is 0.0572. The first-order valence-electron chi connectivity index (χ1n) is 14.2. The van der Waals surface area contributed by atoms with Crippen molar-refractivity contribution in [3.63, 3.8) is 0 Å². The van der Waals surface area contributed by atoms with E-state index >= 15 is 0 Å². The van der Waals surface area contributed by atoms with E-state index in [-0.39, 0.29) is 11.7 Å². The van der Waals surface area contributed by atoms with Crippen molar-refractivity contribution >= 4 is 44.9 Å². The van der Waals surface area contributed by atoms with Gasteiger partial charge < -0.3 is 20.8 Å². The van der Waals surface area contributed by atoms with E-state index in [2.05, 4.69) is 49.9 Å². The van der Waals surface area contributed by atoms with Crippen LogP contribution in [0.25, 0.3) is 0 Å². The lowest BCUT2D eigenvalue weighted by Gasteiger charge is -2.32. The van der Waals surface area contributed by atoms with Gasteiger partial charge in [0.25, 0.3) is 0 Å². The summed E-state index contributed by atoms with van der Waals surface area (Å²) in [7, 11) is -3.36. The number of sulfonamides is 1. The molecule has 2 fully saturated rings. The van der Waals surface area contributed by atoms with Gasteiger partial charge >= 0.3 is 0 Å². The Hall–Kier alpha value is -2.81. The van der Waals surface area contributed by atoms with E-state index < -0.39 is 22.2 Å². The van der Waals surface area contributed by atoms with Crippen LogP contribution in [0.4, 0.5) is 23.3 Å². The van der Waals surface area contributed by atoms with Crippen LogP contribution in [-0.2, 0) is 10.0 Å². The van der Waals surface area contributed by atoms with E-state index in [1.807, 2.05) is 24.8 Å². The Labute approximate surface area is 251 Å². The van der Waals surface area contributed by atoms with Gasteiger partial charge in [0.1, 0.15) is 5.02 Å². The van der Waals surface area contributed by atoms with Crippen LogP contribution in [0.3, 0.4) is 0 Å². The van der Waals surface area contributed by atoms with Gasteiger partial charge in [0, 0.05) is 43.6 Å². The molecular formula is C28H39ClN8O4S. The van der Waals surface area contributed by atoms with Crippen molar-refractivity contribution in [3.8, 4) is 0 Å². The summed E-state index contributed by atoms with van der Waals surface area (Å²) in [4.78, 5) is 10.8. The topological polar surface area (TPSA) is 160 Å². The van der Waals surface area contributed by atoms with Crippen LogP contribution in [-0.4, -0.2) is 98.7 Å². The molecule has 5 N–H and O–H groups in total. The number of likely N-dealkylation sites (tertiary alicyclic amines) is 1. The molecular weight excluding hydrogens is 580 g/mol. The third-order valence-corrected chi connectivity index (χ3v) is 10.3. The van der Waals surface area contributed by atoms with Crippen molar-refractivity contribution in [3.05, 3.63) is 51.8 Å². The van der Waals surface area contributed by atoms with Gasteiger partial charge in [-0.15, -0.1) is 0 Å². The van der Waals surface area contributed by atoms with E-state index in [4.69, 9.17) is 11.6 Å². The monoisotopic (exact) mass is 618 g/mol. The number of hydrogen-bond acceptors (Lipinski definition) is 10. The van der Waals surface area contributed by atoms with Crippen LogP contribution in [0.2, 0.25) is 5.02 Å². The highest BCUT2D eigenvalue weighted by atomic mass is 35.5. The van der Waals surface area contributed by atoms with Crippen LogP contribution in [0.1, 0.15) is 47.6 Å². The summed E-state index contributed by atoms with van der Waals surface area (Å²) in [6.45, 7) is 8.33. The van der Waals surface area contributed by atoms with Gasteiger partial charge in [-0.1, -0.05) is 17.7 Å². The molecule has 12 nitrogen and oxygen atoms in total. The standard InChI is InChI=1S/C28H39ClN8O4S/c1-17-12-23(31-28-30-14-22(29)27(33-28)32-26-13-19(3)34-35-26)18(2)11-21(17)20-5-8-37(9-6-20)42(40,41)10-4-7-36-15-24(38)25(39)16-36/h11-14,20,24-25,38-39H,4-10,15-16H2,1-3H3,(H3,30,31,32,33,34,35). The molecule has 0 spiro atoms. The molecule has 4 heterocycles. The molecule has 0 saturated carbocycles. The molecule has 228 valence electrons. The Morgan fingerprint density at radius 2 is 1.76 bits per heavy atom. The summed E-state index contributed by atoms with van der Waals surface area (Å²) in [6.07, 6.45) is 2.04. The van der Waals surface area contributed by atoms with Crippen LogP contribution in [0.15, 0.2) is 24.4 Å². The average molecular weight is 619 g/mol. The SMILES string of the molecule is Cc1cc(Nc2nc(Nc3cc(C)c(C4CCN(S(=O)(=O)CCCN5CC(O)C(O)C5)CC4)cc3C)ncc2Cl)n[nH]1. The fourth-order valence-corrected chi connectivity index (χ4v) is 7.38. The predicted molar refractivity (Wildman–Crippen MR) is 163 cm³/mol. The van der Waals surface area contributed by atoms with Crippen LogP contribution in [0.5, 0.6) is 0 Å². The third-order valence-electron chi connectivity index (χ3n) is 8.05. The molecule has 14 heteroatoms. The van der Waals surface area contributed by atoms with E-state index in [1.165, 1.54) is 11.8 Å². The number of hydrogen-bond donors (Lipinski definition) is 5. The molecule has 2 atom stereocenters. The number of anilines is 4. The first-order valence-corrected chi connectivity index (χ1v) is 16.2. The van der Waals surface area contributed by atoms with Crippen LogP contribution >= 0.6 is 11.6 Å². The van der Waals surface area contributed by atoms with Crippen molar-refractivity contribution in [2.45, 2.75) is 58.2 Å². The molecule has 3 aromatic rings. The molecule has 2 saturated heterocycles. The van der Waals surface area contributed by atoms with Gasteiger partial charge in [0.15, 0.2) is 11.6 Å². The molecule has 2 unspecified atom stereocenters. The number of nitrogens with one attached hydrogen (secondary N) is 3.